The van der Waals surface area contributed by atoms with Crippen molar-refractivity contribution in [2.24, 2.45) is 0 Å². The van der Waals surface area contributed by atoms with Crippen molar-refractivity contribution in [3.8, 4) is 0 Å². The Kier molecular flexibility index (Phi) is 4.34. The highest BCUT2D eigenvalue weighted by atomic mass is 16.6. The second-order valence-corrected chi connectivity index (χ2v) is 5.23. The number of ether oxygens (including phenoxy) is 1. The Morgan fingerprint density at radius 2 is 2.24 bits per heavy atom. The number of carbonyl (C=O) groups is 2. The van der Waals surface area contributed by atoms with E-state index >= 15 is 0 Å². The fourth-order valence-corrected chi connectivity index (χ4v) is 1.52. The van der Waals surface area contributed by atoms with E-state index in [4.69, 9.17) is 4.74 Å². The third-order valence-corrected chi connectivity index (χ3v) is 2.35. The average Bonchev–Trinajstić information content (AvgIpc) is 2.17. The van der Waals surface area contributed by atoms with Crippen molar-refractivity contribution in [3.63, 3.8) is 0 Å². The molecule has 0 saturated carbocycles. The summed E-state index contributed by atoms with van der Waals surface area (Å²) in [6, 6.07) is 0.0743. The number of hydrogen-bond acceptors (Lipinski definition) is 4. The lowest BCUT2D eigenvalue weighted by molar-refractivity contribution is -0.131. The third kappa shape index (κ3) is 5.04. The molecule has 1 heterocycles. The van der Waals surface area contributed by atoms with Crippen molar-refractivity contribution in [2.75, 3.05) is 26.7 Å². The zero-order valence-electron chi connectivity index (χ0n) is 10.9. The molecule has 98 valence electrons. The number of carbonyl (C=O) groups excluding carboxylic acids is 2. The van der Waals surface area contributed by atoms with Crippen LogP contribution in [0.3, 0.4) is 0 Å². The molecule has 0 spiro atoms. The summed E-state index contributed by atoms with van der Waals surface area (Å²) in [5.41, 5.74) is -0.489. The van der Waals surface area contributed by atoms with Gasteiger partial charge in [0.2, 0.25) is 5.91 Å². The Morgan fingerprint density at radius 1 is 1.59 bits per heavy atom. The molecule has 6 nitrogen and oxygen atoms in total. The van der Waals surface area contributed by atoms with Gasteiger partial charge in [0.1, 0.15) is 5.60 Å². The van der Waals surface area contributed by atoms with Crippen LogP contribution >= 0.6 is 0 Å². The van der Waals surface area contributed by atoms with Crippen molar-refractivity contribution in [2.45, 2.75) is 32.4 Å². The van der Waals surface area contributed by atoms with Crippen LogP contribution in [0, 0.1) is 0 Å². The van der Waals surface area contributed by atoms with Gasteiger partial charge in [0.25, 0.3) is 0 Å². The van der Waals surface area contributed by atoms with E-state index in [1.165, 1.54) is 0 Å². The number of rotatable bonds is 2. The van der Waals surface area contributed by atoms with Crippen LogP contribution < -0.4 is 10.6 Å². The van der Waals surface area contributed by atoms with Crippen LogP contribution in [0.4, 0.5) is 4.79 Å². The smallest absolute Gasteiger partial charge is 0.407 e. The van der Waals surface area contributed by atoms with E-state index in [0.717, 1.165) is 0 Å². The number of likely N-dealkylation sites (N-methyl/N-ethyl adjacent to an activating group) is 1. The summed E-state index contributed by atoms with van der Waals surface area (Å²) in [7, 11) is 1.75. The first-order valence-corrected chi connectivity index (χ1v) is 5.72. The Morgan fingerprint density at radius 3 is 2.76 bits per heavy atom. The van der Waals surface area contributed by atoms with Gasteiger partial charge in [-0.1, -0.05) is 0 Å². The van der Waals surface area contributed by atoms with Crippen molar-refractivity contribution in [1.82, 2.24) is 15.5 Å². The Hall–Kier alpha value is -1.30. The second kappa shape index (κ2) is 5.35. The van der Waals surface area contributed by atoms with Gasteiger partial charge in [-0.3, -0.25) is 4.79 Å². The first-order chi connectivity index (χ1) is 7.78. The molecule has 0 radical (unpaired) electrons. The van der Waals surface area contributed by atoms with Gasteiger partial charge in [-0.15, -0.1) is 0 Å². The summed E-state index contributed by atoms with van der Waals surface area (Å²) in [6.07, 6.45) is -0.432. The van der Waals surface area contributed by atoms with Crippen LogP contribution in [-0.4, -0.2) is 55.2 Å². The van der Waals surface area contributed by atoms with Crippen LogP contribution in [0.1, 0.15) is 20.8 Å². The Labute approximate surface area is 102 Å². The molecule has 0 aliphatic carbocycles. The molecular weight excluding hydrogens is 222 g/mol. The van der Waals surface area contributed by atoms with E-state index in [9.17, 15) is 9.59 Å². The molecule has 1 fully saturated rings. The molecule has 2 amide bonds. The zero-order chi connectivity index (χ0) is 13.1. The Bertz CT molecular complexity index is 299. The number of piperazine rings is 1. The predicted octanol–water partition coefficient (Wildman–Crippen LogP) is -0.0587. The summed E-state index contributed by atoms with van der Waals surface area (Å²) < 4.78 is 5.12. The molecule has 1 atom stereocenters. The van der Waals surface area contributed by atoms with E-state index in [1.807, 2.05) is 20.8 Å². The van der Waals surface area contributed by atoms with E-state index in [0.29, 0.717) is 19.6 Å². The van der Waals surface area contributed by atoms with Gasteiger partial charge in [0.05, 0.1) is 6.54 Å². The fraction of sp³-hybridized carbons (Fsp3) is 0.818. The topological polar surface area (TPSA) is 70.7 Å². The highest BCUT2D eigenvalue weighted by Gasteiger charge is 2.23. The van der Waals surface area contributed by atoms with Crippen molar-refractivity contribution in [1.29, 1.82) is 0 Å². The molecule has 1 rings (SSSR count). The molecular formula is C11H21N3O3. The van der Waals surface area contributed by atoms with Crippen LogP contribution in [0.5, 0.6) is 0 Å². The summed E-state index contributed by atoms with van der Waals surface area (Å²) >= 11 is 0. The number of alkyl carbamates (subject to hydrolysis) is 1. The van der Waals surface area contributed by atoms with Crippen LogP contribution in [0.2, 0.25) is 0 Å². The predicted molar refractivity (Wildman–Crippen MR) is 63.7 cm³/mol. The van der Waals surface area contributed by atoms with E-state index < -0.39 is 11.7 Å². The Balaban J connectivity index is 2.27. The molecule has 2 N–H and O–H groups in total. The van der Waals surface area contributed by atoms with Crippen LogP contribution in [0.15, 0.2) is 0 Å². The molecule has 1 unspecified atom stereocenters. The van der Waals surface area contributed by atoms with Crippen LogP contribution in [-0.2, 0) is 9.53 Å². The molecule has 17 heavy (non-hydrogen) atoms. The van der Waals surface area contributed by atoms with Crippen molar-refractivity contribution < 1.29 is 14.3 Å². The van der Waals surface area contributed by atoms with Gasteiger partial charge in [-0.25, -0.2) is 4.79 Å². The van der Waals surface area contributed by atoms with Gasteiger partial charge in [0, 0.05) is 26.2 Å². The minimum absolute atomic E-state index is 0.0681. The second-order valence-electron chi connectivity index (χ2n) is 5.23. The molecule has 6 heteroatoms. The lowest BCUT2D eigenvalue weighted by Gasteiger charge is -2.31. The molecule has 0 aromatic heterocycles. The van der Waals surface area contributed by atoms with Crippen molar-refractivity contribution in [3.05, 3.63) is 0 Å². The molecule has 0 aromatic rings. The first kappa shape index (κ1) is 13.8. The quantitative estimate of drug-likeness (QED) is 0.713. The molecule has 0 bridgehead atoms. The normalized spacial score (nSPS) is 21.3. The number of amides is 2. The van der Waals surface area contributed by atoms with Crippen LogP contribution in [0.25, 0.3) is 0 Å². The van der Waals surface area contributed by atoms with Crippen molar-refractivity contribution >= 4 is 12.0 Å². The van der Waals surface area contributed by atoms with Gasteiger partial charge < -0.3 is 20.3 Å². The zero-order valence-corrected chi connectivity index (χ0v) is 10.9. The van der Waals surface area contributed by atoms with Gasteiger partial charge in [-0.2, -0.15) is 0 Å². The minimum atomic E-state index is -0.489. The largest absolute Gasteiger partial charge is 0.444 e. The first-order valence-electron chi connectivity index (χ1n) is 5.72. The van der Waals surface area contributed by atoms with E-state index in [-0.39, 0.29) is 11.9 Å². The number of nitrogens with zero attached hydrogens (tertiary/aromatic N) is 1. The SMILES string of the molecule is CN1CC(CNC(=O)OC(C)(C)C)NCC1=O. The number of hydrogen-bond donors (Lipinski definition) is 2. The van der Waals surface area contributed by atoms with Gasteiger partial charge in [-0.05, 0) is 20.8 Å². The van der Waals surface area contributed by atoms with Gasteiger partial charge in [0.15, 0.2) is 0 Å². The average molecular weight is 243 g/mol. The highest BCUT2D eigenvalue weighted by molar-refractivity contribution is 5.78. The lowest BCUT2D eigenvalue weighted by Crippen LogP contribution is -2.56. The molecule has 0 aromatic carbocycles. The highest BCUT2D eigenvalue weighted by Crippen LogP contribution is 2.06. The maximum atomic E-state index is 11.4. The molecule has 1 aliphatic rings. The summed E-state index contributed by atoms with van der Waals surface area (Å²) in [5.74, 6) is 0.0681. The lowest BCUT2D eigenvalue weighted by atomic mass is 10.2. The maximum Gasteiger partial charge on any atom is 0.407 e. The van der Waals surface area contributed by atoms with Gasteiger partial charge >= 0.3 is 6.09 Å². The summed E-state index contributed by atoms with van der Waals surface area (Å²) in [5, 5.41) is 5.74. The third-order valence-electron chi connectivity index (χ3n) is 2.35. The summed E-state index contributed by atoms with van der Waals surface area (Å²) in [4.78, 5) is 24.3. The van der Waals surface area contributed by atoms with E-state index in [2.05, 4.69) is 10.6 Å². The van der Waals surface area contributed by atoms with E-state index in [1.54, 1.807) is 11.9 Å². The monoisotopic (exact) mass is 243 g/mol. The standard InChI is InChI=1S/C11H21N3O3/c1-11(2,3)17-10(16)13-5-8-7-14(4)9(15)6-12-8/h8,12H,5-7H2,1-4H3,(H,13,16). The molecule has 1 aliphatic heterocycles. The fourth-order valence-electron chi connectivity index (χ4n) is 1.52. The number of nitrogens with one attached hydrogen (secondary N) is 2. The maximum absolute atomic E-state index is 11.4. The summed E-state index contributed by atoms with van der Waals surface area (Å²) in [6.45, 7) is 6.81. The molecule has 1 saturated heterocycles. The minimum Gasteiger partial charge on any atom is -0.444 e.